The SMILES string of the molecule is O=C(NCCc1c[nH]cn1)C1Cc2ccccc2CN1C(=O)c1ccc(Cl)c(-c2ccc(-c3ccccc3)cc2)c1. The molecule has 1 atom stereocenters. The van der Waals surface area contributed by atoms with Crippen LogP contribution in [0.1, 0.15) is 27.2 Å². The van der Waals surface area contributed by atoms with Crippen LogP contribution in [-0.2, 0) is 24.2 Å². The fourth-order valence-electron chi connectivity index (χ4n) is 5.35. The summed E-state index contributed by atoms with van der Waals surface area (Å²) < 4.78 is 0. The number of carbonyl (C=O) groups excluding carboxylic acids is 2. The fourth-order valence-corrected chi connectivity index (χ4v) is 5.57. The zero-order valence-corrected chi connectivity index (χ0v) is 23.1. The zero-order valence-electron chi connectivity index (χ0n) is 22.4. The molecule has 2 amide bonds. The molecule has 2 N–H and O–H groups in total. The number of imidazole rings is 1. The minimum Gasteiger partial charge on any atom is -0.354 e. The average Bonchev–Trinajstić information content (AvgIpc) is 3.54. The Morgan fingerprint density at radius 2 is 1.59 bits per heavy atom. The van der Waals surface area contributed by atoms with Crippen molar-refractivity contribution in [1.29, 1.82) is 0 Å². The molecule has 1 unspecified atom stereocenters. The Kier molecular flexibility index (Phi) is 7.65. The maximum atomic E-state index is 14.0. The first kappa shape index (κ1) is 26.5. The number of amides is 2. The van der Waals surface area contributed by atoms with Gasteiger partial charge in [-0.2, -0.15) is 0 Å². The Labute approximate surface area is 244 Å². The molecule has 0 aliphatic carbocycles. The van der Waals surface area contributed by atoms with Crippen LogP contribution >= 0.6 is 11.6 Å². The summed E-state index contributed by atoms with van der Waals surface area (Å²) in [4.78, 5) is 36.2. The number of aromatic nitrogens is 2. The average molecular weight is 561 g/mol. The lowest BCUT2D eigenvalue weighted by molar-refractivity contribution is -0.126. The van der Waals surface area contributed by atoms with Gasteiger partial charge in [-0.25, -0.2) is 4.98 Å². The van der Waals surface area contributed by atoms with Crippen LogP contribution in [0.2, 0.25) is 5.02 Å². The minimum atomic E-state index is -0.624. The molecule has 6 nitrogen and oxygen atoms in total. The largest absolute Gasteiger partial charge is 0.354 e. The Morgan fingerprint density at radius 3 is 2.34 bits per heavy atom. The number of fused-ring (bicyclic) bond motifs is 1. The number of hydrogen-bond acceptors (Lipinski definition) is 3. The molecule has 1 aliphatic rings. The summed E-state index contributed by atoms with van der Waals surface area (Å²) in [6, 6.07) is 31.0. The number of nitrogens with one attached hydrogen (secondary N) is 2. The first-order valence-corrected chi connectivity index (χ1v) is 14.0. The molecule has 6 rings (SSSR count). The van der Waals surface area contributed by atoms with Crippen molar-refractivity contribution >= 4 is 23.4 Å². The molecule has 2 heterocycles. The van der Waals surface area contributed by atoms with Gasteiger partial charge in [0.2, 0.25) is 5.91 Å². The van der Waals surface area contributed by atoms with Gasteiger partial charge in [-0.05, 0) is 46.0 Å². The van der Waals surface area contributed by atoms with Crippen LogP contribution in [0.5, 0.6) is 0 Å². The van der Waals surface area contributed by atoms with Crippen molar-refractivity contribution in [2.75, 3.05) is 6.54 Å². The van der Waals surface area contributed by atoms with Gasteiger partial charge < -0.3 is 15.2 Å². The first-order chi connectivity index (χ1) is 20.1. The van der Waals surface area contributed by atoms with Gasteiger partial charge >= 0.3 is 0 Å². The number of rotatable bonds is 7. The second-order valence-electron chi connectivity index (χ2n) is 10.2. The fraction of sp³-hybridized carbons (Fsp3) is 0.147. The standard InChI is InChI=1S/C34H29ClN4O2/c35-31-15-14-27(18-30(31)25-12-10-24(11-13-25)23-6-2-1-3-7-23)34(41)39-21-28-9-5-4-8-26(28)19-32(39)33(40)37-17-16-29-20-36-22-38-29/h1-15,18,20,22,32H,16-17,19,21H2,(H,36,38)(H,37,40). The molecule has 0 bridgehead atoms. The van der Waals surface area contributed by atoms with Crippen LogP contribution < -0.4 is 5.32 Å². The molecule has 4 aromatic carbocycles. The van der Waals surface area contributed by atoms with E-state index >= 15 is 0 Å². The van der Waals surface area contributed by atoms with E-state index in [1.54, 1.807) is 23.4 Å². The molecule has 5 aromatic rings. The van der Waals surface area contributed by atoms with Gasteiger partial charge in [-0.3, -0.25) is 9.59 Å². The van der Waals surface area contributed by atoms with Crippen molar-refractivity contribution in [2.45, 2.75) is 25.4 Å². The molecule has 1 aliphatic heterocycles. The lowest BCUT2D eigenvalue weighted by atomic mass is 9.92. The lowest BCUT2D eigenvalue weighted by Gasteiger charge is -2.36. The lowest BCUT2D eigenvalue weighted by Crippen LogP contribution is -2.52. The number of nitrogens with zero attached hydrogens (tertiary/aromatic N) is 2. The molecule has 0 fully saturated rings. The van der Waals surface area contributed by atoms with E-state index in [0.29, 0.717) is 36.5 Å². The highest BCUT2D eigenvalue weighted by molar-refractivity contribution is 6.33. The van der Waals surface area contributed by atoms with Crippen molar-refractivity contribution in [3.05, 3.63) is 137 Å². The van der Waals surface area contributed by atoms with Crippen LogP contribution in [0.15, 0.2) is 110 Å². The predicted octanol–water partition coefficient (Wildman–Crippen LogP) is 6.32. The number of H-pyrrole nitrogens is 1. The van der Waals surface area contributed by atoms with Gasteiger partial charge in [0.25, 0.3) is 5.91 Å². The molecular weight excluding hydrogens is 532 g/mol. The Bertz CT molecular complexity index is 1670. The summed E-state index contributed by atoms with van der Waals surface area (Å²) in [6.07, 6.45) is 4.49. The van der Waals surface area contributed by atoms with Crippen molar-refractivity contribution in [2.24, 2.45) is 0 Å². The molecule has 0 spiro atoms. The maximum Gasteiger partial charge on any atom is 0.254 e. The van der Waals surface area contributed by atoms with Crippen molar-refractivity contribution in [3.63, 3.8) is 0 Å². The molecule has 204 valence electrons. The van der Waals surface area contributed by atoms with E-state index in [9.17, 15) is 9.59 Å². The number of halogens is 1. The van der Waals surface area contributed by atoms with E-state index in [4.69, 9.17) is 11.6 Å². The maximum absolute atomic E-state index is 14.0. The summed E-state index contributed by atoms with van der Waals surface area (Å²) in [5, 5.41) is 3.58. The third kappa shape index (κ3) is 5.79. The van der Waals surface area contributed by atoms with Crippen LogP contribution in [0.3, 0.4) is 0 Å². The van der Waals surface area contributed by atoms with Gasteiger partial charge in [0.15, 0.2) is 0 Å². The zero-order chi connectivity index (χ0) is 28.2. The van der Waals surface area contributed by atoms with E-state index in [2.05, 4.69) is 39.6 Å². The highest BCUT2D eigenvalue weighted by Gasteiger charge is 2.35. The van der Waals surface area contributed by atoms with E-state index in [-0.39, 0.29) is 11.8 Å². The van der Waals surface area contributed by atoms with Crippen molar-refractivity contribution < 1.29 is 9.59 Å². The molecule has 0 radical (unpaired) electrons. The molecule has 0 saturated heterocycles. The van der Waals surface area contributed by atoms with Gasteiger partial charge in [-0.1, -0.05) is 90.5 Å². The number of benzene rings is 4. The van der Waals surface area contributed by atoms with Crippen LogP contribution in [0.4, 0.5) is 0 Å². The van der Waals surface area contributed by atoms with Crippen molar-refractivity contribution in [1.82, 2.24) is 20.2 Å². The molecule has 7 heteroatoms. The van der Waals surface area contributed by atoms with Crippen LogP contribution in [0, 0.1) is 0 Å². The van der Waals surface area contributed by atoms with Gasteiger partial charge in [0, 0.05) is 48.3 Å². The van der Waals surface area contributed by atoms with E-state index in [1.807, 2.05) is 66.9 Å². The molecule has 1 aromatic heterocycles. The quantitative estimate of drug-likeness (QED) is 0.244. The monoisotopic (exact) mass is 560 g/mol. The highest BCUT2D eigenvalue weighted by atomic mass is 35.5. The first-order valence-electron chi connectivity index (χ1n) is 13.7. The minimum absolute atomic E-state index is 0.172. The van der Waals surface area contributed by atoms with E-state index in [0.717, 1.165) is 39.1 Å². The Balaban J connectivity index is 1.25. The van der Waals surface area contributed by atoms with Crippen LogP contribution in [-0.4, -0.2) is 39.3 Å². The normalized spacial score (nSPS) is 14.4. The summed E-state index contributed by atoms with van der Waals surface area (Å²) in [7, 11) is 0. The van der Waals surface area contributed by atoms with Gasteiger partial charge in [-0.15, -0.1) is 0 Å². The number of carbonyl (C=O) groups is 2. The molecule has 41 heavy (non-hydrogen) atoms. The third-order valence-electron chi connectivity index (χ3n) is 7.56. The topological polar surface area (TPSA) is 78.1 Å². The highest BCUT2D eigenvalue weighted by Crippen LogP contribution is 2.32. The summed E-state index contributed by atoms with van der Waals surface area (Å²) in [6.45, 7) is 0.796. The smallest absolute Gasteiger partial charge is 0.254 e. The molecular formula is C34H29ClN4O2. The Morgan fingerprint density at radius 1 is 0.878 bits per heavy atom. The Hall–Kier alpha value is -4.68. The van der Waals surface area contributed by atoms with E-state index in [1.165, 1.54) is 0 Å². The third-order valence-corrected chi connectivity index (χ3v) is 7.89. The second kappa shape index (κ2) is 11.8. The summed E-state index contributed by atoms with van der Waals surface area (Å²) in [5.41, 5.74) is 7.42. The van der Waals surface area contributed by atoms with E-state index < -0.39 is 6.04 Å². The second-order valence-corrected chi connectivity index (χ2v) is 10.6. The van der Waals surface area contributed by atoms with Crippen molar-refractivity contribution in [3.8, 4) is 22.3 Å². The van der Waals surface area contributed by atoms with Gasteiger partial charge in [0.05, 0.1) is 12.0 Å². The summed E-state index contributed by atoms with van der Waals surface area (Å²) in [5.74, 6) is -0.375. The number of aromatic amines is 1. The number of hydrogen-bond donors (Lipinski definition) is 2. The summed E-state index contributed by atoms with van der Waals surface area (Å²) >= 11 is 6.63. The predicted molar refractivity (Wildman–Crippen MR) is 161 cm³/mol. The molecule has 0 saturated carbocycles. The van der Waals surface area contributed by atoms with Crippen LogP contribution in [0.25, 0.3) is 22.3 Å². The van der Waals surface area contributed by atoms with Gasteiger partial charge in [0.1, 0.15) is 6.04 Å².